The number of rotatable bonds is 8. The second kappa shape index (κ2) is 10.2. The fraction of sp³-hybridized carbons (Fsp3) is 0.160. The van der Waals surface area contributed by atoms with Gasteiger partial charge in [-0.25, -0.2) is 0 Å². The summed E-state index contributed by atoms with van der Waals surface area (Å²) in [6.45, 7) is 2.07. The molecule has 0 aliphatic carbocycles. The SMILES string of the molecule is CCc1ccccc1NC(=O)CSc1nnc(-c2ccc(OC)cc2)n1-c1ccccc1. The van der Waals surface area contributed by atoms with Crippen LogP contribution >= 0.6 is 11.8 Å². The summed E-state index contributed by atoms with van der Waals surface area (Å²) in [7, 11) is 1.64. The Kier molecular flexibility index (Phi) is 6.87. The zero-order valence-electron chi connectivity index (χ0n) is 18.0. The van der Waals surface area contributed by atoms with Crippen molar-refractivity contribution in [2.24, 2.45) is 0 Å². The number of hydrogen-bond acceptors (Lipinski definition) is 5. The molecule has 1 aromatic heterocycles. The van der Waals surface area contributed by atoms with Gasteiger partial charge in [-0.1, -0.05) is 55.1 Å². The van der Waals surface area contributed by atoms with Crippen LogP contribution in [0.15, 0.2) is 84.0 Å². The fourth-order valence-corrected chi connectivity index (χ4v) is 4.12. The van der Waals surface area contributed by atoms with Crippen molar-refractivity contribution in [1.82, 2.24) is 14.8 Å². The Balaban J connectivity index is 1.58. The third-order valence-corrected chi connectivity index (χ3v) is 5.93. The van der Waals surface area contributed by atoms with Crippen molar-refractivity contribution in [2.75, 3.05) is 18.2 Å². The molecule has 0 saturated heterocycles. The van der Waals surface area contributed by atoms with E-state index in [1.54, 1.807) is 7.11 Å². The molecule has 0 atom stereocenters. The molecule has 0 bridgehead atoms. The van der Waals surface area contributed by atoms with Crippen molar-refractivity contribution in [2.45, 2.75) is 18.5 Å². The van der Waals surface area contributed by atoms with Gasteiger partial charge in [0.2, 0.25) is 5.91 Å². The quantitative estimate of drug-likeness (QED) is 0.377. The van der Waals surface area contributed by atoms with Crippen molar-refractivity contribution in [3.8, 4) is 22.8 Å². The minimum Gasteiger partial charge on any atom is -0.497 e. The van der Waals surface area contributed by atoms with E-state index >= 15 is 0 Å². The van der Waals surface area contributed by atoms with Gasteiger partial charge in [0.1, 0.15) is 5.75 Å². The molecular weight excluding hydrogens is 420 g/mol. The number of nitrogens with zero attached hydrogens (tertiary/aromatic N) is 3. The molecule has 1 N–H and O–H groups in total. The number of carbonyl (C=O) groups is 1. The molecule has 0 saturated carbocycles. The molecule has 1 amide bonds. The second-order valence-corrected chi connectivity index (χ2v) is 8.00. The summed E-state index contributed by atoms with van der Waals surface area (Å²) >= 11 is 1.36. The van der Waals surface area contributed by atoms with Gasteiger partial charge in [0.05, 0.1) is 12.9 Å². The number of hydrogen-bond donors (Lipinski definition) is 1. The lowest BCUT2D eigenvalue weighted by molar-refractivity contribution is -0.113. The Morgan fingerprint density at radius 3 is 2.41 bits per heavy atom. The van der Waals surface area contributed by atoms with Crippen LogP contribution in [0.5, 0.6) is 5.75 Å². The third kappa shape index (κ3) is 4.84. The number of carbonyl (C=O) groups excluding carboxylic acids is 1. The smallest absolute Gasteiger partial charge is 0.234 e. The molecule has 0 aliphatic heterocycles. The number of para-hydroxylation sites is 2. The van der Waals surface area contributed by atoms with Gasteiger partial charge in [-0.05, 0) is 54.4 Å². The predicted molar refractivity (Wildman–Crippen MR) is 129 cm³/mol. The number of ether oxygens (including phenoxy) is 1. The number of aromatic nitrogens is 3. The highest BCUT2D eigenvalue weighted by atomic mass is 32.2. The third-order valence-electron chi connectivity index (χ3n) is 5.00. The summed E-state index contributed by atoms with van der Waals surface area (Å²) in [6, 6.07) is 25.4. The minimum atomic E-state index is -0.0792. The zero-order valence-corrected chi connectivity index (χ0v) is 18.8. The summed E-state index contributed by atoms with van der Waals surface area (Å²) in [5.74, 6) is 1.63. The van der Waals surface area contributed by atoms with Crippen LogP contribution in [-0.2, 0) is 11.2 Å². The zero-order chi connectivity index (χ0) is 22.3. The normalized spacial score (nSPS) is 10.7. The van der Waals surface area contributed by atoms with Crippen LogP contribution in [0.1, 0.15) is 12.5 Å². The van der Waals surface area contributed by atoms with Gasteiger partial charge in [-0.3, -0.25) is 9.36 Å². The van der Waals surface area contributed by atoms with Crippen molar-refractivity contribution in [3.63, 3.8) is 0 Å². The maximum absolute atomic E-state index is 12.6. The van der Waals surface area contributed by atoms with Crippen molar-refractivity contribution in [1.29, 1.82) is 0 Å². The molecule has 1 heterocycles. The van der Waals surface area contributed by atoms with E-state index in [-0.39, 0.29) is 11.7 Å². The van der Waals surface area contributed by atoms with Gasteiger partial charge in [-0.2, -0.15) is 0 Å². The van der Waals surface area contributed by atoms with Crippen LogP contribution < -0.4 is 10.1 Å². The van der Waals surface area contributed by atoms with E-state index in [0.29, 0.717) is 11.0 Å². The molecule has 0 unspecified atom stereocenters. The molecule has 0 radical (unpaired) electrons. The highest BCUT2D eigenvalue weighted by Gasteiger charge is 2.17. The molecule has 0 aliphatic rings. The first-order chi connectivity index (χ1) is 15.7. The average molecular weight is 445 g/mol. The number of anilines is 1. The Morgan fingerprint density at radius 2 is 1.69 bits per heavy atom. The predicted octanol–water partition coefficient (Wildman–Crippen LogP) is 5.24. The Bertz CT molecular complexity index is 1190. The number of amides is 1. The molecule has 4 rings (SSSR count). The van der Waals surface area contributed by atoms with Gasteiger partial charge < -0.3 is 10.1 Å². The lowest BCUT2D eigenvalue weighted by Gasteiger charge is -2.11. The number of methoxy groups -OCH3 is 1. The Labute approximate surface area is 191 Å². The number of aryl methyl sites for hydroxylation is 1. The van der Waals surface area contributed by atoms with Crippen LogP contribution in [0.4, 0.5) is 5.69 Å². The van der Waals surface area contributed by atoms with E-state index in [9.17, 15) is 4.79 Å². The van der Waals surface area contributed by atoms with Gasteiger partial charge in [0, 0.05) is 16.9 Å². The summed E-state index contributed by atoms with van der Waals surface area (Å²) in [6.07, 6.45) is 0.858. The van der Waals surface area contributed by atoms with Gasteiger partial charge in [0.25, 0.3) is 0 Å². The first kappa shape index (κ1) is 21.6. The van der Waals surface area contributed by atoms with Gasteiger partial charge >= 0.3 is 0 Å². The van der Waals surface area contributed by atoms with Crippen LogP contribution in [0.25, 0.3) is 17.1 Å². The van der Waals surface area contributed by atoms with E-state index in [2.05, 4.69) is 22.4 Å². The summed E-state index contributed by atoms with van der Waals surface area (Å²) < 4.78 is 7.24. The molecule has 4 aromatic rings. The molecule has 0 fully saturated rings. The monoisotopic (exact) mass is 444 g/mol. The Hall–Kier alpha value is -3.58. The fourth-order valence-electron chi connectivity index (χ4n) is 3.37. The van der Waals surface area contributed by atoms with Crippen LogP contribution in [0.2, 0.25) is 0 Å². The highest BCUT2D eigenvalue weighted by Crippen LogP contribution is 2.29. The largest absolute Gasteiger partial charge is 0.497 e. The lowest BCUT2D eigenvalue weighted by atomic mass is 10.1. The van der Waals surface area contributed by atoms with E-state index in [4.69, 9.17) is 4.74 Å². The molecule has 0 spiro atoms. The van der Waals surface area contributed by atoms with E-state index in [1.165, 1.54) is 11.8 Å². The molecule has 7 heteroatoms. The highest BCUT2D eigenvalue weighted by molar-refractivity contribution is 7.99. The van der Waals surface area contributed by atoms with E-state index in [1.807, 2.05) is 83.4 Å². The molecule has 3 aromatic carbocycles. The minimum absolute atomic E-state index is 0.0792. The first-order valence-corrected chi connectivity index (χ1v) is 11.3. The maximum atomic E-state index is 12.6. The van der Waals surface area contributed by atoms with Crippen molar-refractivity contribution < 1.29 is 9.53 Å². The van der Waals surface area contributed by atoms with Crippen LogP contribution in [-0.4, -0.2) is 33.5 Å². The Morgan fingerprint density at radius 1 is 0.969 bits per heavy atom. The van der Waals surface area contributed by atoms with Crippen molar-refractivity contribution >= 4 is 23.4 Å². The standard InChI is InChI=1S/C25H24N4O2S/c1-3-18-9-7-8-12-22(18)26-23(30)17-32-25-28-27-24(19-13-15-21(31-2)16-14-19)29(25)20-10-5-4-6-11-20/h4-16H,3,17H2,1-2H3,(H,26,30). The number of nitrogens with one attached hydrogen (secondary N) is 1. The van der Waals surface area contributed by atoms with Gasteiger partial charge in [0.15, 0.2) is 11.0 Å². The first-order valence-electron chi connectivity index (χ1n) is 10.4. The second-order valence-electron chi connectivity index (χ2n) is 7.05. The van der Waals surface area contributed by atoms with Crippen LogP contribution in [0, 0.1) is 0 Å². The summed E-state index contributed by atoms with van der Waals surface area (Å²) in [5, 5.41) is 12.5. The molecule has 162 valence electrons. The van der Waals surface area contributed by atoms with E-state index < -0.39 is 0 Å². The summed E-state index contributed by atoms with van der Waals surface area (Å²) in [5.41, 5.74) is 3.81. The van der Waals surface area contributed by atoms with Gasteiger partial charge in [-0.15, -0.1) is 10.2 Å². The van der Waals surface area contributed by atoms with E-state index in [0.717, 1.165) is 34.7 Å². The van der Waals surface area contributed by atoms with Crippen LogP contribution in [0.3, 0.4) is 0 Å². The molecule has 32 heavy (non-hydrogen) atoms. The molecule has 6 nitrogen and oxygen atoms in total. The van der Waals surface area contributed by atoms with Crippen molar-refractivity contribution in [3.05, 3.63) is 84.4 Å². The average Bonchev–Trinajstić information content (AvgIpc) is 3.27. The lowest BCUT2D eigenvalue weighted by Crippen LogP contribution is -2.15. The number of thioether (sulfide) groups is 1. The maximum Gasteiger partial charge on any atom is 0.234 e. The topological polar surface area (TPSA) is 69.0 Å². The molecular formula is C25H24N4O2S. The summed E-state index contributed by atoms with van der Waals surface area (Å²) in [4.78, 5) is 12.6. The number of benzene rings is 3.